The fourth-order valence-electron chi connectivity index (χ4n) is 4.66. The zero-order valence-electron chi connectivity index (χ0n) is 16.1. The van der Waals surface area contributed by atoms with Crippen LogP contribution < -0.4 is 10.2 Å². The van der Waals surface area contributed by atoms with Crippen LogP contribution >= 0.6 is 0 Å². The molecule has 11 heteroatoms. The Morgan fingerprint density at radius 2 is 2.23 bits per heavy atom. The quantitative estimate of drug-likeness (QED) is 0.586. The first-order valence-electron chi connectivity index (χ1n) is 10.1. The van der Waals surface area contributed by atoms with Crippen molar-refractivity contribution in [3.05, 3.63) is 24.4 Å². The smallest absolute Gasteiger partial charge is 0.270 e. The number of fused-ring (bicyclic) bond motifs is 2. The van der Waals surface area contributed by atoms with E-state index >= 15 is 0 Å². The minimum atomic E-state index is -0.471. The molecule has 0 bridgehead atoms. The maximum Gasteiger partial charge on any atom is 0.270 e. The summed E-state index contributed by atoms with van der Waals surface area (Å²) in [5.41, 5.74) is 1.46. The van der Waals surface area contributed by atoms with E-state index in [1.165, 1.54) is 6.39 Å². The van der Waals surface area contributed by atoms with E-state index in [0.29, 0.717) is 29.6 Å². The fourth-order valence-corrected chi connectivity index (χ4v) is 4.66. The van der Waals surface area contributed by atoms with Crippen LogP contribution in [0.4, 0.5) is 17.5 Å². The third kappa shape index (κ3) is 2.54. The van der Waals surface area contributed by atoms with Gasteiger partial charge in [0.1, 0.15) is 5.82 Å². The van der Waals surface area contributed by atoms with Gasteiger partial charge in [0.15, 0.2) is 5.69 Å². The third-order valence-corrected chi connectivity index (χ3v) is 6.32. The molecule has 3 aromatic heterocycles. The molecule has 1 aliphatic heterocycles. The first kappa shape index (κ1) is 17.5. The van der Waals surface area contributed by atoms with Gasteiger partial charge in [-0.25, -0.2) is 4.98 Å². The number of H-pyrrole nitrogens is 1. The van der Waals surface area contributed by atoms with Crippen LogP contribution in [0.25, 0.3) is 11.6 Å². The van der Waals surface area contributed by atoms with Crippen molar-refractivity contribution >= 4 is 23.4 Å². The van der Waals surface area contributed by atoms with Crippen molar-refractivity contribution in [3.63, 3.8) is 0 Å². The van der Waals surface area contributed by atoms with Gasteiger partial charge < -0.3 is 14.8 Å². The Balaban J connectivity index is 1.35. The number of hydrogen-bond donors (Lipinski definition) is 3. The second kappa shape index (κ2) is 6.33. The molecule has 154 valence electrons. The van der Waals surface area contributed by atoms with Gasteiger partial charge in [-0.1, -0.05) is 0 Å². The highest BCUT2D eigenvalue weighted by Gasteiger charge is 2.61. The van der Waals surface area contributed by atoms with Gasteiger partial charge in [0.25, 0.3) is 5.89 Å². The summed E-state index contributed by atoms with van der Waals surface area (Å²) < 4.78 is 5.22. The van der Waals surface area contributed by atoms with Crippen molar-refractivity contribution in [3.8, 4) is 11.6 Å². The highest BCUT2D eigenvalue weighted by Crippen LogP contribution is 2.57. The van der Waals surface area contributed by atoms with Crippen molar-refractivity contribution < 1.29 is 14.3 Å². The number of aromatic nitrogens is 6. The van der Waals surface area contributed by atoms with E-state index in [4.69, 9.17) is 9.40 Å². The molecule has 6 rings (SSSR count). The lowest BCUT2D eigenvalue weighted by Gasteiger charge is -2.33. The maximum atomic E-state index is 13.3. The number of anilines is 3. The van der Waals surface area contributed by atoms with E-state index in [1.807, 2.05) is 4.90 Å². The van der Waals surface area contributed by atoms with Crippen molar-refractivity contribution in [2.75, 3.05) is 10.2 Å². The highest BCUT2D eigenvalue weighted by molar-refractivity contribution is 6.09. The van der Waals surface area contributed by atoms with Gasteiger partial charge in [-0.3, -0.25) is 14.8 Å². The summed E-state index contributed by atoms with van der Waals surface area (Å²) in [7, 11) is 0. The predicted octanol–water partition coefficient (Wildman–Crippen LogP) is 1.67. The standard InChI is InChI=1S/C19H20N8O3/c28-11-3-1-2-10(6-11)27-15-12(19(4-5-19)17(27)29)7-20-18(24-15)23-13-8-21-25-14(13)16-26-22-9-30-16/h7-11,28H,1-6H2,(H,21,25)(H,20,23,24)/t10-,11-/m1/s1. The average Bonchev–Trinajstić information content (AvgIpc) is 3.07. The van der Waals surface area contributed by atoms with Crippen molar-refractivity contribution in [1.82, 2.24) is 30.4 Å². The third-order valence-electron chi connectivity index (χ3n) is 6.32. The number of aliphatic hydroxyl groups is 1. The molecule has 11 nitrogen and oxygen atoms in total. The Bertz CT molecular complexity index is 1110. The van der Waals surface area contributed by atoms with E-state index in [0.717, 1.165) is 37.7 Å². The largest absolute Gasteiger partial charge is 0.422 e. The van der Waals surface area contributed by atoms with E-state index < -0.39 is 5.41 Å². The SMILES string of the molecule is O=C1N([C@@H]2CCC[C@@H](O)C2)c2nc(Nc3c[nH]nc3-c3nnco3)ncc2C12CC2. The molecule has 1 amide bonds. The number of rotatable bonds is 4. The minimum Gasteiger partial charge on any atom is -0.422 e. The van der Waals surface area contributed by atoms with Crippen LogP contribution in [-0.4, -0.2) is 53.5 Å². The van der Waals surface area contributed by atoms with Crippen LogP contribution in [0.15, 0.2) is 23.2 Å². The van der Waals surface area contributed by atoms with Gasteiger partial charge in [-0.15, -0.1) is 10.2 Å². The second-order valence-corrected chi connectivity index (χ2v) is 8.18. The van der Waals surface area contributed by atoms with Crippen LogP contribution in [0, 0.1) is 0 Å². The van der Waals surface area contributed by atoms with Gasteiger partial charge in [0, 0.05) is 24.0 Å². The first-order valence-corrected chi connectivity index (χ1v) is 10.1. The molecule has 3 N–H and O–H groups in total. The molecule has 0 aromatic carbocycles. The van der Waals surface area contributed by atoms with Crippen LogP contribution in [0.3, 0.4) is 0 Å². The minimum absolute atomic E-state index is 0.0365. The molecule has 2 saturated carbocycles. The van der Waals surface area contributed by atoms with Gasteiger partial charge >= 0.3 is 0 Å². The average molecular weight is 408 g/mol. The van der Waals surface area contributed by atoms with Crippen LogP contribution in [0.2, 0.25) is 0 Å². The monoisotopic (exact) mass is 408 g/mol. The van der Waals surface area contributed by atoms with Crippen LogP contribution in [0.1, 0.15) is 44.1 Å². The number of aromatic amines is 1. The van der Waals surface area contributed by atoms with E-state index in [-0.39, 0.29) is 23.9 Å². The Morgan fingerprint density at radius 3 is 3.00 bits per heavy atom. The number of amides is 1. The molecular formula is C19H20N8O3. The summed E-state index contributed by atoms with van der Waals surface area (Å²) in [6, 6.07) is -0.0365. The zero-order valence-corrected chi connectivity index (χ0v) is 16.1. The van der Waals surface area contributed by atoms with E-state index in [1.54, 1.807) is 12.4 Å². The molecular weight excluding hydrogens is 388 g/mol. The number of nitrogens with one attached hydrogen (secondary N) is 2. The Morgan fingerprint density at radius 1 is 1.33 bits per heavy atom. The molecule has 30 heavy (non-hydrogen) atoms. The normalized spacial score (nSPS) is 24.3. The molecule has 0 unspecified atom stereocenters. The molecule has 3 aliphatic rings. The number of carbonyl (C=O) groups excluding carboxylic acids is 1. The molecule has 3 aromatic rings. The fraction of sp³-hybridized carbons (Fsp3) is 0.474. The maximum absolute atomic E-state index is 13.3. The van der Waals surface area contributed by atoms with Gasteiger partial charge in [0.2, 0.25) is 18.2 Å². The number of hydrogen-bond acceptors (Lipinski definition) is 9. The van der Waals surface area contributed by atoms with E-state index in [9.17, 15) is 9.90 Å². The lowest BCUT2D eigenvalue weighted by Crippen LogP contribution is -2.44. The van der Waals surface area contributed by atoms with Crippen LogP contribution in [-0.2, 0) is 10.2 Å². The van der Waals surface area contributed by atoms with Crippen LogP contribution in [0.5, 0.6) is 0 Å². The topological polar surface area (TPSA) is 146 Å². The summed E-state index contributed by atoms with van der Waals surface area (Å²) in [4.78, 5) is 24.3. The zero-order chi connectivity index (χ0) is 20.3. The molecule has 1 spiro atoms. The molecule has 4 heterocycles. The van der Waals surface area contributed by atoms with Gasteiger partial charge in [-0.2, -0.15) is 10.1 Å². The lowest BCUT2D eigenvalue weighted by atomic mass is 9.92. The number of aliphatic hydroxyl groups excluding tert-OH is 1. The predicted molar refractivity (Wildman–Crippen MR) is 104 cm³/mol. The molecule has 2 fully saturated rings. The molecule has 0 radical (unpaired) electrons. The molecule has 2 aliphatic carbocycles. The number of nitrogens with zero attached hydrogens (tertiary/aromatic N) is 6. The Hall–Kier alpha value is -3.34. The Kier molecular flexibility index (Phi) is 3.69. The Labute approximate surface area is 170 Å². The van der Waals surface area contributed by atoms with Crippen molar-refractivity contribution in [2.24, 2.45) is 0 Å². The summed E-state index contributed by atoms with van der Waals surface area (Å²) in [6.07, 6.45) is 9.04. The first-order chi connectivity index (χ1) is 14.7. The van der Waals surface area contributed by atoms with Gasteiger partial charge in [0.05, 0.1) is 17.2 Å². The van der Waals surface area contributed by atoms with Crippen molar-refractivity contribution in [2.45, 2.75) is 56.1 Å². The number of carbonyl (C=O) groups is 1. The summed E-state index contributed by atoms with van der Waals surface area (Å²) in [6.45, 7) is 0. The van der Waals surface area contributed by atoms with E-state index in [2.05, 4.69) is 30.7 Å². The summed E-state index contributed by atoms with van der Waals surface area (Å²) >= 11 is 0. The second-order valence-electron chi connectivity index (χ2n) is 8.18. The lowest BCUT2D eigenvalue weighted by molar-refractivity contribution is -0.121. The van der Waals surface area contributed by atoms with Crippen molar-refractivity contribution in [1.29, 1.82) is 0 Å². The summed E-state index contributed by atoms with van der Waals surface area (Å²) in [5.74, 6) is 1.36. The molecule has 2 atom stereocenters. The highest BCUT2D eigenvalue weighted by atomic mass is 16.4. The molecule has 0 saturated heterocycles. The van der Waals surface area contributed by atoms with Gasteiger partial charge in [-0.05, 0) is 38.5 Å². The summed E-state index contributed by atoms with van der Waals surface area (Å²) in [5, 5.41) is 27.7.